The highest BCUT2D eigenvalue weighted by Gasteiger charge is 2.30. The Balaban J connectivity index is 2.16. The summed E-state index contributed by atoms with van der Waals surface area (Å²) in [5.41, 5.74) is -0.193. The van der Waals surface area contributed by atoms with Gasteiger partial charge < -0.3 is 10.1 Å². The van der Waals surface area contributed by atoms with E-state index in [0.717, 1.165) is 24.3 Å². The van der Waals surface area contributed by atoms with Crippen LogP contribution in [-0.2, 0) is 6.18 Å². The summed E-state index contributed by atoms with van der Waals surface area (Å²) in [5.74, 6) is 0.00120. The van der Waals surface area contributed by atoms with E-state index >= 15 is 0 Å². The molecular weight excluding hydrogens is 307 g/mol. The largest absolute Gasteiger partial charge is 0.489 e. The zero-order chi connectivity index (χ0) is 17.0. The number of benzene rings is 2. The first kappa shape index (κ1) is 16.9. The minimum Gasteiger partial charge on any atom is -0.489 e. The maximum absolute atomic E-state index is 12.5. The number of carbonyl (C=O) groups excluding carboxylic acids is 1. The lowest BCUT2D eigenvalue weighted by Gasteiger charge is -2.15. The van der Waals surface area contributed by atoms with Gasteiger partial charge in [0.05, 0.1) is 17.4 Å². The van der Waals surface area contributed by atoms with Crippen molar-refractivity contribution in [2.24, 2.45) is 0 Å². The van der Waals surface area contributed by atoms with Crippen molar-refractivity contribution in [2.75, 3.05) is 5.32 Å². The Morgan fingerprint density at radius 2 is 1.65 bits per heavy atom. The van der Waals surface area contributed by atoms with Crippen molar-refractivity contribution in [2.45, 2.75) is 26.1 Å². The molecule has 2 rings (SSSR count). The molecule has 1 amide bonds. The summed E-state index contributed by atoms with van der Waals surface area (Å²) < 4.78 is 43.2. The predicted octanol–water partition coefficient (Wildman–Crippen LogP) is 4.74. The zero-order valence-electron chi connectivity index (χ0n) is 12.6. The molecule has 0 saturated heterocycles. The summed E-state index contributed by atoms with van der Waals surface area (Å²) in [6.45, 7) is 3.71. The van der Waals surface area contributed by atoms with Gasteiger partial charge in [-0.15, -0.1) is 0 Å². The van der Waals surface area contributed by atoms with Gasteiger partial charge in [-0.05, 0) is 50.2 Å². The molecular formula is C17H16F3NO2. The van der Waals surface area contributed by atoms with Crippen LogP contribution in [0.1, 0.15) is 29.8 Å². The summed E-state index contributed by atoms with van der Waals surface area (Å²) >= 11 is 0. The van der Waals surface area contributed by atoms with E-state index in [2.05, 4.69) is 5.32 Å². The number of nitrogens with one attached hydrogen (secondary N) is 1. The van der Waals surface area contributed by atoms with E-state index in [4.69, 9.17) is 4.74 Å². The Morgan fingerprint density at radius 1 is 1.04 bits per heavy atom. The first-order valence-corrected chi connectivity index (χ1v) is 7.01. The summed E-state index contributed by atoms with van der Waals surface area (Å²) in [7, 11) is 0. The summed E-state index contributed by atoms with van der Waals surface area (Å²) in [4.78, 5) is 12.2. The highest BCUT2D eigenvalue weighted by molar-refractivity contribution is 6.05. The fraction of sp³-hybridized carbons (Fsp3) is 0.235. The number of para-hydroxylation sites is 2. The Labute approximate surface area is 132 Å². The minimum atomic E-state index is -4.42. The van der Waals surface area contributed by atoms with E-state index in [1.165, 1.54) is 0 Å². The molecule has 23 heavy (non-hydrogen) atoms. The molecule has 1 N–H and O–H groups in total. The van der Waals surface area contributed by atoms with Crippen LogP contribution in [0.4, 0.5) is 18.9 Å². The number of ether oxygens (including phenoxy) is 1. The molecule has 6 heteroatoms. The molecule has 0 bridgehead atoms. The molecule has 0 saturated carbocycles. The monoisotopic (exact) mass is 323 g/mol. The second kappa shape index (κ2) is 6.73. The molecule has 0 aromatic heterocycles. The number of alkyl halides is 3. The average molecular weight is 323 g/mol. The maximum Gasteiger partial charge on any atom is 0.416 e. The quantitative estimate of drug-likeness (QED) is 0.882. The van der Waals surface area contributed by atoms with Gasteiger partial charge in [0.15, 0.2) is 0 Å². The number of anilines is 1. The Morgan fingerprint density at radius 3 is 2.22 bits per heavy atom. The number of halogens is 3. The van der Waals surface area contributed by atoms with E-state index in [-0.39, 0.29) is 11.7 Å². The van der Waals surface area contributed by atoms with Crippen molar-refractivity contribution < 1.29 is 22.7 Å². The van der Waals surface area contributed by atoms with Gasteiger partial charge in [-0.1, -0.05) is 12.1 Å². The van der Waals surface area contributed by atoms with Crippen molar-refractivity contribution >= 4 is 11.6 Å². The highest BCUT2D eigenvalue weighted by Crippen LogP contribution is 2.29. The summed E-state index contributed by atoms with van der Waals surface area (Å²) in [6.07, 6.45) is -4.49. The van der Waals surface area contributed by atoms with E-state index in [0.29, 0.717) is 11.4 Å². The van der Waals surface area contributed by atoms with E-state index in [1.54, 1.807) is 24.3 Å². The third kappa shape index (κ3) is 4.48. The van der Waals surface area contributed by atoms with Crippen LogP contribution in [0.15, 0.2) is 48.5 Å². The van der Waals surface area contributed by atoms with Crippen LogP contribution < -0.4 is 10.1 Å². The smallest absolute Gasteiger partial charge is 0.416 e. The van der Waals surface area contributed by atoms with E-state index in [9.17, 15) is 18.0 Å². The van der Waals surface area contributed by atoms with Crippen LogP contribution in [-0.4, -0.2) is 12.0 Å². The van der Waals surface area contributed by atoms with Crippen molar-refractivity contribution in [3.63, 3.8) is 0 Å². The first-order chi connectivity index (χ1) is 10.8. The topological polar surface area (TPSA) is 38.3 Å². The Hall–Kier alpha value is -2.50. The molecule has 0 spiro atoms. The number of rotatable bonds is 4. The van der Waals surface area contributed by atoms with Gasteiger partial charge >= 0.3 is 6.18 Å². The minimum absolute atomic E-state index is 0.0703. The van der Waals surface area contributed by atoms with Gasteiger partial charge in [0.2, 0.25) is 0 Å². The van der Waals surface area contributed by atoms with Gasteiger partial charge in [-0.25, -0.2) is 0 Å². The molecule has 0 unspecified atom stereocenters. The van der Waals surface area contributed by atoms with Crippen molar-refractivity contribution in [3.05, 3.63) is 59.7 Å². The molecule has 0 fully saturated rings. The van der Waals surface area contributed by atoms with Gasteiger partial charge in [0, 0.05) is 5.56 Å². The van der Waals surface area contributed by atoms with Crippen LogP contribution in [0.25, 0.3) is 0 Å². The first-order valence-electron chi connectivity index (χ1n) is 7.01. The van der Waals surface area contributed by atoms with Gasteiger partial charge in [0.1, 0.15) is 5.75 Å². The molecule has 0 aliphatic rings. The Bertz CT molecular complexity index is 679. The molecule has 2 aromatic carbocycles. The fourth-order valence-electron chi connectivity index (χ4n) is 1.93. The summed E-state index contributed by atoms with van der Waals surface area (Å²) in [5, 5.41) is 2.65. The fourth-order valence-corrected chi connectivity index (χ4v) is 1.93. The van der Waals surface area contributed by atoms with Crippen molar-refractivity contribution in [1.29, 1.82) is 0 Å². The average Bonchev–Trinajstić information content (AvgIpc) is 2.48. The van der Waals surface area contributed by atoms with Crippen molar-refractivity contribution in [1.82, 2.24) is 0 Å². The van der Waals surface area contributed by atoms with Gasteiger partial charge in [0.25, 0.3) is 5.91 Å². The third-order valence-electron chi connectivity index (χ3n) is 2.97. The number of hydrogen-bond donors (Lipinski definition) is 1. The number of amides is 1. The van der Waals surface area contributed by atoms with Gasteiger partial charge in [-0.2, -0.15) is 13.2 Å². The highest BCUT2D eigenvalue weighted by atomic mass is 19.4. The molecule has 2 aromatic rings. The normalized spacial score (nSPS) is 11.4. The van der Waals surface area contributed by atoms with E-state index < -0.39 is 17.6 Å². The lowest BCUT2D eigenvalue weighted by Crippen LogP contribution is -2.15. The molecule has 122 valence electrons. The second-order valence-corrected chi connectivity index (χ2v) is 5.19. The van der Waals surface area contributed by atoms with Gasteiger partial charge in [-0.3, -0.25) is 4.79 Å². The summed E-state index contributed by atoms with van der Waals surface area (Å²) in [6, 6.07) is 10.9. The molecule has 0 radical (unpaired) electrons. The van der Waals surface area contributed by atoms with Crippen molar-refractivity contribution in [3.8, 4) is 5.75 Å². The molecule has 0 heterocycles. The molecule has 3 nitrogen and oxygen atoms in total. The van der Waals surface area contributed by atoms with Crippen LogP contribution in [0.2, 0.25) is 0 Å². The maximum atomic E-state index is 12.5. The SMILES string of the molecule is CC(C)Oc1ccccc1NC(=O)c1ccc(C(F)(F)F)cc1. The lowest BCUT2D eigenvalue weighted by atomic mass is 10.1. The Kier molecular flexibility index (Phi) is 4.93. The second-order valence-electron chi connectivity index (χ2n) is 5.19. The predicted molar refractivity (Wildman–Crippen MR) is 81.6 cm³/mol. The number of carbonyl (C=O) groups is 1. The lowest BCUT2D eigenvalue weighted by molar-refractivity contribution is -0.137. The molecule has 0 aliphatic heterocycles. The van der Waals surface area contributed by atoms with E-state index in [1.807, 2.05) is 13.8 Å². The standard InChI is InChI=1S/C17H16F3NO2/c1-11(2)23-15-6-4-3-5-14(15)21-16(22)12-7-9-13(10-8-12)17(18,19)20/h3-11H,1-2H3,(H,21,22). The van der Waals surface area contributed by atoms with Crippen LogP contribution in [0.5, 0.6) is 5.75 Å². The number of hydrogen-bond acceptors (Lipinski definition) is 2. The van der Waals surface area contributed by atoms with Crippen LogP contribution in [0, 0.1) is 0 Å². The van der Waals surface area contributed by atoms with Crippen LogP contribution in [0.3, 0.4) is 0 Å². The molecule has 0 aliphatic carbocycles. The zero-order valence-corrected chi connectivity index (χ0v) is 12.6. The third-order valence-corrected chi connectivity index (χ3v) is 2.97. The molecule has 0 atom stereocenters. The van der Waals surface area contributed by atoms with Crippen LogP contribution >= 0.6 is 0 Å².